The third-order valence-electron chi connectivity index (χ3n) is 4.67. The number of hydrogen-bond donors (Lipinski definition) is 1. The van der Waals surface area contributed by atoms with E-state index in [9.17, 15) is 13.2 Å². The summed E-state index contributed by atoms with van der Waals surface area (Å²) in [6.45, 7) is 0. The number of halogens is 3. The lowest BCUT2D eigenvalue weighted by Gasteiger charge is -2.21. The normalized spacial score (nSPS) is 29.1. The van der Waals surface area contributed by atoms with Crippen molar-refractivity contribution in [1.29, 1.82) is 0 Å². The van der Waals surface area contributed by atoms with Crippen LogP contribution in [-0.2, 0) is 6.18 Å². The van der Waals surface area contributed by atoms with Crippen molar-refractivity contribution in [2.24, 2.45) is 17.8 Å². The first-order chi connectivity index (χ1) is 9.43. The molecule has 0 saturated heterocycles. The smallest absolute Gasteiger partial charge is 0.398 e. The Kier molecular flexibility index (Phi) is 3.65. The van der Waals surface area contributed by atoms with Crippen LogP contribution in [0.1, 0.15) is 31.2 Å². The molecule has 1 aromatic carbocycles. The maximum atomic E-state index is 12.6. The van der Waals surface area contributed by atoms with Crippen LogP contribution in [0, 0.1) is 17.8 Å². The zero-order valence-electron chi connectivity index (χ0n) is 11.1. The summed E-state index contributed by atoms with van der Waals surface area (Å²) in [6, 6.07) is 3.68. The highest BCUT2D eigenvalue weighted by molar-refractivity contribution is 7.99. The molecule has 0 heterocycles. The van der Waals surface area contributed by atoms with Crippen LogP contribution in [0.3, 0.4) is 0 Å². The van der Waals surface area contributed by atoms with Crippen LogP contribution in [-0.4, -0.2) is 5.75 Å². The van der Waals surface area contributed by atoms with Crippen molar-refractivity contribution in [3.63, 3.8) is 0 Å². The van der Waals surface area contributed by atoms with E-state index < -0.39 is 11.7 Å². The molecular weight excluding hydrogens is 283 g/mol. The van der Waals surface area contributed by atoms with E-state index >= 15 is 0 Å². The van der Waals surface area contributed by atoms with Gasteiger partial charge in [-0.25, -0.2) is 0 Å². The summed E-state index contributed by atoms with van der Waals surface area (Å²) in [4.78, 5) is 0.778. The molecule has 2 N–H and O–H groups in total. The molecule has 2 fully saturated rings. The van der Waals surface area contributed by atoms with E-state index in [1.54, 1.807) is 11.8 Å². The molecule has 1 aromatic rings. The predicted molar refractivity (Wildman–Crippen MR) is 75.5 cm³/mol. The van der Waals surface area contributed by atoms with Gasteiger partial charge in [-0.05, 0) is 55.2 Å². The number of rotatable bonds is 3. The van der Waals surface area contributed by atoms with Gasteiger partial charge in [0, 0.05) is 16.3 Å². The van der Waals surface area contributed by atoms with Gasteiger partial charge in [-0.3, -0.25) is 0 Å². The number of anilines is 1. The SMILES string of the molecule is Nc1cc(C(F)(F)F)ccc1SCC1CC2CCC1C2. The molecule has 0 aromatic heterocycles. The van der Waals surface area contributed by atoms with E-state index in [-0.39, 0.29) is 5.69 Å². The molecule has 0 amide bonds. The third-order valence-corrected chi connectivity index (χ3v) is 5.95. The fourth-order valence-electron chi connectivity index (χ4n) is 3.63. The van der Waals surface area contributed by atoms with Gasteiger partial charge in [0.05, 0.1) is 5.56 Å². The number of nitrogens with two attached hydrogens (primary N) is 1. The lowest BCUT2D eigenvalue weighted by molar-refractivity contribution is -0.137. The second kappa shape index (κ2) is 5.17. The number of hydrogen-bond acceptors (Lipinski definition) is 2. The number of fused-ring (bicyclic) bond motifs is 2. The minimum atomic E-state index is -4.32. The first-order valence-electron chi connectivity index (χ1n) is 7.03. The molecule has 1 nitrogen and oxygen atoms in total. The lowest BCUT2D eigenvalue weighted by atomic mass is 9.90. The summed E-state index contributed by atoms with van der Waals surface area (Å²) < 4.78 is 37.7. The van der Waals surface area contributed by atoms with Crippen molar-refractivity contribution in [2.45, 2.75) is 36.8 Å². The molecule has 0 radical (unpaired) electrons. The molecule has 0 aliphatic heterocycles. The van der Waals surface area contributed by atoms with Gasteiger partial charge in [-0.2, -0.15) is 13.2 Å². The number of thioether (sulfide) groups is 1. The van der Waals surface area contributed by atoms with Crippen LogP contribution in [0.4, 0.5) is 18.9 Å². The zero-order chi connectivity index (χ0) is 14.3. The molecule has 3 atom stereocenters. The Hall–Kier alpha value is -0.840. The lowest BCUT2D eigenvalue weighted by Crippen LogP contribution is -2.13. The quantitative estimate of drug-likeness (QED) is 0.640. The Morgan fingerprint density at radius 1 is 1.20 bits per heavy atom. The van der Waals surface area contributed by atoms with Gasteiger partial charge in [-0.15, -0.1) is 11.8 Å². The van der Waals surface area contributed by atoms with Gasteiger partial charge in [0.1, 0.15) is 0 Å². The number of nitrogen functional groups attached to an aromatic ring is 1. The van der Waals surface area contributed by atoms with Crippen molar-refractivity contribution in [2.75, 3.05) is 11.5 Å². The molecule has 3 unspecified atom stereocenters. The van der Waals surface area contributed by atoms with Crippen LogP contribution >= 0.6 is 11.8 Å². The summed E-state index contributed by atoms with van der Waals surface area (Å²) in [5, 5.41) is 0. The second-order valence-corrected chi connectivity index (χ2v) is 7.06. The van der Waals surface area contributed by atoms with E-state index in [1.165, 1.54) is 31.7 Å². The van der Waals surface area contributed by atoms with E-state index in [1.807, 2.05) is 0 Å². The number of benzene rings is 1. The van der Waals surface area contributed by atoms with Gasteiger partial charge in [0.25, 0.3) is 0 Å². The topological polar surface area (TPSA) is 26.0 Å². The molecule has 2 bridgehead atoms. The largest absolute Gasteiger partial charge is 0.416 e. The van der Waals surface area contributed by atoms with Crippen molar-refractivity contribution in [3.8, 4) is 0 Å². The molecule has 2 saturated carbocycles. The second-order valence-electron chi connectivity index (χ2n) is 6.00. The molecule has 0 spiro atoms. The van der Waals surface area contributed by atoms with Gasteiger partial charge >= 0.3 is 6.18 Å². The van der Waals surface area contributed by atoms with Gasteiger partial charge in [0.15, 0.2) is 0 Å². The van der Waals surface area contributed by atoms with Crippen molar-refractivity contribution in [1.82, 2.24) is 0 Å². The molecule has 3 rings (SSSR count). The summed E-state index contributed by atoms with van der Waals surface area (Å²) in [5.74, 6) is 3.44. The van der Waals surface area contributed by atoms with Crippen LogP contribution in [0.2, 0.25) is 0 Å². The fraction of sp³-hybridized carbons (Fsp3) is 0.600. The Morgan fingerprint density at radius 2 is 2.00 bits per heavy atom. The molecule has 5 heteroatoms. The van der Waals surface area contributed by atoms with Crippen LogP contribution < -0.4 is 5.73 Å². The first kappa shape index (κ1) is 14.1. The van der Waals surface area contributed by atoms with Crippen molar-refractivity contribution in [3.05, 3.63) is 23.8 Å². The van der Waals surface area contributed by atoms with E-state index in [2.05, 4.69) is 0 Å². The van der Waals surface area contributed by atoms with Gasteiger partial charge in [0.2, 0.25) is 0 Å². The molecular formula is C15H18F3NS. The Balaban J connectivity index is 1.63. The molecule has 2 aliphatic carbocycles. The fourth-order valence-corrected chi connectivity index (χ4v) is 4.83. The number of alkyl halides is 3. The van der Waals surface area contributed by atoms with E-state index in [0.29, 0.717) is 0 Å². The third kappa shape index (κ3) is 2.78. The standard InChI is InChI=1S/C15H18F3NS/c16-15(17,18)12-3-4-14(13(19)7-12)20-8-11-6-9-1-2-10(11)5-9/h3-4,7,9-11H,1-2,5-6,8,19H2. The monoisotopic (exact) mass is 301 g/mol. The minimum Gasteiger partial charge on any atom is -0.398 e. The maximum absolute atomic E-state index is 12.6. The predicted octanol–water partition coefficient (Wildman–Crippen LogP) is 4.82. The Bertz CT molecular complexity index is 500. The highest BCUT2D eigenvalue weighted by atomic mass is 32.2. The average molecular weight is 301 g/mol. The Morgan fingerprint density at radius 3 is 2.55 bits per heavy atom. The highest BCUT2D eigenvalue weighted by Gasteiger charge is 2.39. The van der Waals surface area contributed by atoms with Crippen LogP contribution in [0.5, 0.6) is 0 Å². The minimum absolute atomic E-state index is 0.244. The first-order valence-corrected chi connectivity index (χ1v) is 8.01. The highest BCUT2D eigenvalue weighted by Crippen LogP contribution is 2.50. The maximum Gasteiger partial charge on any atom is 0.416 e. The average Bonchev–Trinajstić information content (AvgIpc) is 2.98. The molecule has 2 aliphatic rings. The summed E-state index contributed by atoms with van der Waals surface area (Å²) in [7, 11) is 0. The summed E-state index contributed by atoms with van der Waals surface area (Å²) >= 11 is 1.61. The summed E-state index contributed by atoms with van der Waals surface area (Å²) in [5.41, 5.74) is 5.33. The molecule has 110 valence electrons. The van der Waals surface area contributed by atoms with E-state index in [0.717, 1.165) is 40.5 Å². The van der Waals surface area contributed by atoms with Crippen molar-refractivity contribution < 1.29 is 13.2 Å². The Labute approximate surface area is 121 Å². The molecule has 20 heavy (non-hydrogen) atoms. The van der Waals surface area contributed by atoms with E-state index in [4.69, 9.17) is 5.73 Å². The van der Waals surface area contributed by atoms with Crippen molar-refractivity contribution >= 4 is 17.4 Å². The summed E-state index contributed by atoms with van der Waals surface area (Å²) in [6.07, 6.45) is 1.03. The zero-order valence-corrected chi connectivity index (χ0v) is 11.9. The van der Waals surface area contributed by atoms with Crippen LogP contribution in [0.15, 0.2) is 23.1 Å². The van der Waals surface area contributed by atoms with Gasteiger partial charge < -0.3 is 5.73 Å². The van der Waals surface area contributed by atoms with Crippen LogP contribution in [0.25, 0.3) is 0 Å². The van der Waals surface area contributed by atoms with Gasteiger partial charge in [-0.1, -0.05) is 6.42 Å².